The Balaban J connectivity index is 1.42. The van der Waals surface area contributed by atoms with Crippen molar-refractivity contribution in [1.29, 1.82) is 0 Å². The Morgan fingerprint density at radius 1 is 1.22 bits per heavy atom. The summed E-state index contributed by atoms with van der Waals surface area (Å²) in [4.78, 5) is 23.6. The maximum absolute atomic E-state index is 12.5. The van der Waals surface area contributed by atoms with Crippen LogP contribution in [0.15, 0.2) is 40.5 Å². The molecule has 3 aromatic rings. The smallest absolute Gasteiger partial charge is 0.275 e. The number of carbonyl (C=O) groups is 1. The molecule has 140 valence electrons. The molecule has 2 unspecified atom stereocenters. The first-order valence-electron chi connectivity index (χ1n) is 8.74. The van der Waals surface area contributed by atoms with Gasteiger partial charge in [0.05, 0.1) is 24.1 Å². The van der Waals surface area contributed by atoms with E-state index in [4.69, 9.17) is 4.74 Å². The molecule has 2 atom stereocenters. The van der Waals surface area contributed by atoms with Gasteiger partial charge in [-0.1, -0.05) is 0 Å². The lowest BCUT2D eigenvalue weighted by Gasteiger charge is -2.36. The summed E-state index contributed by atoms with van der Waals surface area (Å²) in [6, 6.07) is 5.80. The summed E-state index contributed by atoms with van der Waals surface area (Å²) in [5.74, 6) is 0.666. The van der Waals surface area contributed by atoms with Crippen LogP contribution in [0.5, 0.6) is 0 Å². The van der Waals surface area contributed by atoms with Gasteiger partial charge in [0, 0.05) is 29.4 Å². The fourth-order valence-corrected chi connectivity index (χ4v) is 4.62. The maximum atomic E-state index is 12.5. The van der Waals surface area contributed by atoms with Crippen molar-refractivity contribution in [2.45, 2.75) is 26.1 Å². The van der Waals surface area contributed by atoms with Gasteiger partial charge in [0.1, 0.15) is 16.5 Å². The first kappa shape index (κ1) is 18.1. The fourth-order valence-electron chi connectivity index (χ4n) is 3.10. The number of thiazole rings is 1. The summed E-state index contributed by atoms with van der Waals surface area (Å²) in [5.41, 5.74) is 2.12. The predicted octanol–water partition coefficient (Wildman–Crippen LogP) is 4.13. The SMILES string of the molecule is CC1CN(c2ccc(NC(=O)c3csc(-c4ccsc4)n3)cn2)CC(C)O1. The van der Waals surface area contributed by atoms with Gasteiger partial charge in [0.15, 0.2) is 0 Å². The van der Waals surface area contributed by atoms with Crippen molar-refractivity contribution in [3.8, 4) is 10.6 Å². The molecule has 4 heterocycles. The topological polar surface area (TPSA) is 67.4 Å². The average molecular weight is 401 g/mol. The van der Waals surface area contributed by atoms with E-state index in [-0.39, 0.29) is 18.1 Å². The normalized spacial score (nSPS) is 19.9. The number of carbonyl (C=O) groups excluding carboxylic acids is 1. The number of nitrogens with zero attached hydrogens (tertiary/aromatic N) is 3. The van der Waals surface area contributed by atoms with Crippen LogP contribution < -0.4 is 10.2 Å². The molecule has 6 nitrogen and oxygen atoms in total. The Bertz CT molecular complexity index is 898. The zero-order chi connectivity index (χ0) is 18.8. The van der Waals surface area contributed by atoms with E-state index in [0.717, 1.165) is 29.5 Å². The van der Waals surface area contributed by atoms with Gasteiger partial charge < -0.3 is 15.0 Å². The summed E-state index contributed by atoms with van der Waals surface area (Å²) >= 11 is 3.08. The monoisotopic (exact) mass is 400 g/mol. The lowest BCUT2D eigenvalue weighted by atomic mass is 10.2. The largest absolute Gasteiger partial charge is 0.372 e. The standard InChI is InChI=1S/C19H20N4O2S2/c1-12-8-23(9-13(2)25-12)17-4-3-15(7-20-17)21-18(24)16-11-27-19(22-16)14-5-6-26-10-14/h3-7,10-13H,8-9H2,1-2H3,(H,21,24). The third-order valence-corrected chi connectivity index (χ3v) is 5.83. The number of rotatable bonds is 4. The van der Waals surface area contributed by atoms with Crippen LogP contribution in [0.4, 0.5) is 11.5 Å². The van der Waals surface area contributed by atoms with Gasteiger partial charge >= 0.3 is 0 Å². The third kappa shape index (κ3) is 4.18. The number of hydrogen-bond acceptors (Lipinski definition) is 7. The quantitative estimate of drug-likeness (QED) is 0.713. The highest BCUT2D eigenvalue weighted by atomic mass is 32.1. The summed E-state index contributed by atoms with van der Waals surface area (Å²) in [6.45, 7) is 5.76. The van der Waals surface area contributed by atoms with Crippen molar-refractivity contribution < 1.29 is 9.53 Å². The van der Waals surface area contributed by atoms with E-state index in [9.17, 15) is 4.79 Å². The van der Waals surface area contributed by atoms with E-state index >= 15 is 0 Å². The summed E-state index contributed by atoms with van der Waals surface area (Å²) in [7, 11) is 0. The van der Waals surface area contributed by atoms with E-state index < -0.39 is 0 Å². The molecule has 1 N–H and O–H groups in total. The second-order valence-electron chi connectivity index (χ2n) is 6.57. The zero-order valence-electron chi connectivity index (χ0n) is 15.1. The molecule has 0 aliphatic carbocycles. The molecule has 1 amide bonds. The lowest BCUT2D eigenvalue weighted by Crippen LogP contribution is -2.45. The van der Waals surface area contributed by atoms with Crippen molar-refractivity contribution in [1.82, 2.24) is 9.97 Å². The molecule has 1 saturated heterocycles. The Morgan fingerprint density at radius 3 is 2.70 bits per heavy atom. The molecule has 0 radical (unpaired) electrons. The Labute approximate surface area is 165 Å². The van der Waals surface area contributed by atoms with Crippen LogP contribution in [-0.4, -0.2) is 41.2 Å². The number of amides is 1. The third-order valence-electron chi connectivity index (χ3n) is 4.25. The van der Waals surface area contributed by atoms with E-state index in [1.807, 2.05) is 29.0 Å². The first-order chi connectivity index (χ1) is 13.1. The molecule has 0 aromatic carbocycles. The number of morpholine rings is 1. The highest BCUT2D eigenvalue weighted by molar-refractivity contribution is 7.14. The van der Waals surface area contributed by atoms with Crippen LogP contribution in [0.3, 0.4) is 0 Å². The molecular weight excluding hydrogens is 380 g/mol. The van der Waals surface area contributed by atoms with Crippen LogP contribution in [0.25, 0.3) is 10.6 Å². The number of nitrogens with one attached hydrogen (secondary N) is 1. The maximum Gasteiger partial charge on any atom is 0.275 e. The molecule has 0 bridgehead atoms. The van der Waals surface area contributed by atoms with Gasteiger partial charge in [0.25, 0.3) is 5.91 Å². The molecule has 1 fully saturated rings. The van der Waals surface area contributed by atoms with E-state index in [2.05, 4.69) is 34.0 Å². The fraction of sp³-hybridized carbons (Fsp3) is 0.316. The number of pyridine rings is 1. The summed E-state index contributed by atoms with van der Waals surface area (Å²) in [5, 5.41) is 9.52. The van der Waals surface area contributed by atoms with E-state index in [1.54, 1.807) is 22.9 Å². The Kier molecular flexibility index (Phi) is 5.20. The van der Waals surface area contributed by atoms with E-state index in [1.165, 1.54) is 11.3 Å². The molecule has 0 saturated carbocycles. The van der Waals surface area contributed by atoms with Crippen molar-refractivity contribution in [3.05, 3.63) is 46.2 Å². The van der Waals surface area contributed by atoms with Crippen molar-refractivity contribution in [2.24, 2.45) is 0 Å². The van der Waals surface area contributed by atoms with E-state index in [0.29, 0.717) is 11.4 Å². The average Bonchev–Trinajstić information content (AvgIpc) is 3.33. The lowest BCUT2D eigenvalue weighted by molar-refractivity contribution is -0.00545. The number of aromatic nitrogens is 2. The molecule has 8 heteroatoms. The van der Waals surface area contributed by atoms with Crippen molar-refractivity contribution >= 4 is 40.1 Å². The van der Waals surface area contributed by atoms with Crippen LogP contribution >= 0.6 is 22.7 Å². The molecule has 1 aliphatic rings. The molecule has 27 heavy (non-hydrogen) atoms. The Hall–Kier alpha value is -2.29. The molecule has 1 aliphatic heterocycles. The Morgan fingerprint density at radius 2 is 2.04 bits per heavy atom. The van der Waals surface area contributed by atoms with Crippen LogP contribution in [0, 0.1) is 0 Å². The minimum atomic E-state index is -0.226. The number of anilines is 2. The minimum absolute atomic E-state index is 0.178. The number of thiophene rings is 1. The van der Waals surface area contributed by atoms with Crippen molar-refractivity contribution in [2.75, 3.05) is 23.3 Å². The van der Waals surface area contributed by atoms with Crippen LogP contribution in [0.1, 0.15) is 24.3 Å². The second-order valence-corrected chi connectivity index (χ2v) is 8.21. The second kappa shape index (κ2) is 7.75. The van der Waals surface area contributed by atoms with Gasteiger partial charge in [-0.25, -0.2) is 9.97 Å². The molecule has 4 rings (SSSR count). The van der Waals surface area contributed by atoms with Crippen LogP contribution in [-0.2, 0) is 4.74 Å². The summed E-state index contributed by atoms with van der Waals surface area (Å²) in [6.07, 6.45) is 2.04. The minimum Gasteiger partial charge on any atom is -0.372 e. The molecule has 3 aromatic heterocycles. The first-order valence-corrected chi connectivity index (χ1v) is 10.6. The van der Waals surface area contributed by atoms with Gasteiger partial charge in [-0.2, -0.15) is 11.3 Å². The van der Waals surface area contributed by atoms with Gasteiger partial charge in [-0.05, 0) is 37.4 Å². The van der Waals surface area contributed by atoms with Crippen molar-refractivity contribution in [3.63, 3.8) is 0 Å². The van der Waals surface area contributed by atoms with Gasteiger partial charge in [-0.15, -0.1) is 11.3 Å². The number of hydrogen-bond donors (Lipinski definition) is 1. The van der Waals surface area contributed by atoms with Crippen LogP contribution in [0.2, 0.25) is 0 Å². The summed E-state index contributed by atoms with van der Waals surface area (Å²) < 4.78 is 5.76. The number of ether oxygens (including phenoxy) is 1. The highest BCUT2D eigenvalue weighted by Crippen LogP contribution is 2.26. The molecule has 0 spiro atoms. The molecular formula is C19H20N4O2S2. The highest BCUT2D eigenvalue weighted by Gasteiger charge is 2.23. The predicted molar refractivity (Wildman–Crippen MR) is 110 cm³/mol. The zero-order valence-corrected chi connectivity index (χ0v) is 16.7. The van der Waals surface area contributed by atoms with Gasteiger partial charge in [0.2, 0.25) is 0 Å². The van der Waals surface area contributed by atoms with Gasteiger partial charge in [-0.3, -0.25) is 4.79 Å².